The van der Waals surface area contributed by atoms with Crippen molar-refractivity contribution in [1.29, 1.82) is 0 Å². The van der Waals surface area contributed by atoms with Crippen LogP contribution in [0.2, 0.25) is 0 Å². The molecule has 108 valence electrons. The molecule has 1 unspecified atom stereocenters. The molecule has 2 aromatic heterocycles. The molecule has 20 heavy (non-hydrogen) atoms. The van der Waals surface area contributed by atoms with Gasteiger partial charge in [-0.25, -0.2) is 0 Å². The van der Waals surface area contributed by atoms with Crippen LogP contribution in [0.5, 0.6) is 0 Å². The van der Waals surface area contributed by atoms with Gasteiger partial charge in [-0.1, -0.05) is 5.21 Å². The first-order chi connectivity index (χ1) is 9.78. The summed E-state index contributed by atoms with van der Waals surface area (Å²) in [6.45, 7) is 6.13. The summed E-state index contributed by atoms with van der Waals surface area (Å²) in [6, 6.07) is 0. The number of hydrogen-bond acceptors (Lipinski definition) is 5. The standard InChI is InChI=1S/C13H21N7/c1-3-20-10-15-16-13(20)11-5-4-6-19(8-11)9-12-7-14-17-18(12)2/h7,10-11H,3-6,8-9H2,1-2H3. The van der Waals surface area contributed by atoms with E-state index in [-0.39, 0.29) is 0 Å². The van der Waals surface area contributed by atoms with Gasteiger partial charge >= 0.3 is 0 Å². The fourth-order valence-electron chi connectivity index (χ4n) is 2.92. The zero-order chi connectivity index (χ0) is 13.9. The molecule has 0 bridgehead atoms. The second-order valence-electron chi connectivity index (χ2n) is 5.40. The van der Waals surface area contributed by atoms with E-state index in [4.69, 9.17) is 0 Å². The van der Waals surface area contributed by atoms with E-state index >= 15 is 0 Å². The lowest BCUT2D eigenvalue weighted by Gasteiger charge is -2.32. The summed E-state index contributed by atoms with van der Waals surface area (Å²) in [7, 11) is 1.94. The summed E-state index contributed by atoms with van der Waals surface area (Å²) in [6.07, 6.45) is 6.07. The Bertz CT molecular complexity index is 559. The fourth-order valence-corrected chi connectivity index (χ4v) is 2.92. The third kappa shape index (κ3) is 2.58. The zero-order valence-corrected chi connectivity index (χ0v) is 12.1. The molecule has 7 nitrogen and oxygen atoms in total. The second-order valence-corrected chi connectivity index (χ2v) is 5.40. The third-order valence-corrected chi connectivity index (χ3v) is 4.05. The molecule has 2 aromatic rings. The van der Waals surface area contributed by atoms with Crippen LogP contribution in [0.1, 0.15) is 37.2 Å². The summed E-state index contributed by atoms with van der Waals surface area (Å²) in [5.41, 5.74) is 1.16. The highest BCUT2D eigenvalue weighted by molar-refractivity contribution is 5.01. The van der Waals surface area contributed by atoms with Crippen molar-refractivity contribution in [3.05, 3.63) is 24.0 Å². The Hall–Kier alpha value is -1.76. The van der Waals surface area contributed by atoms with Gasteiger partial charge in [-0.15, -0.1) is 15.3 Å². The zero-order valence-electron chi connectivity index (χ0n) is 12.1. The van der Waals surface area contributed by atoms with Crippen LogP contribution in [0.4, 0.5) is 0 Å². The number of aromatic nitrogens is 6. The molecule has 0 radical (unpaired) electrons. The average Bonchev–Trinajstić information content (AvgIpc) is 3.09. The molecular weight excluding hydrogens is 254 g/mol. The van der Waals surface area contributed by atoms with Crippen LogP contribution in [0.15, 0.2) is 12.5 Å². The van der Waals surface area contributed by atoms with Crippen LogP contribution in [0.25, 0.3) is 0 Å². The monoisotopic (exact) mass is 275 g/mol. The van der Waals surface area contributed by atoms with Crippen molar-refractivity contribution in [2.45, 2.75) is 38.8 Å². The third-order valence-electron chi connectivity index (χ3n) is 4.05. The van der Waals surface area contributed by atoms with Gasteiger partial charge in [0.2, 0.25) is 0 Å². The molecule has 1 atom stereocenters. The molecule has 0 aromatic carbocycles. The maximum atomic E-state index is 4.32. The minimum atomic E-state index is 0.479. The molecule has 0 N–H and O–H groups in total. The van der Waals surface area contributed by atoms with Gasteiger partial charge in [0, 0.05) is 32.6 Å². The normalized spacial score (nSPS) is 20.4. The summed E-state index contributed by atoms with van der Waals surface area (Å²) >= 11 is 0. The summed E-state index contributed by atoms with van der Waals surface area (Å²) in [5, 5.41) is 16.3. The van der Waals surface area contributed by atoms with Gasteiger partial charge in [0.25, 0.3) is 0 Å². The second kappa shape index (κ2) is 5.70. The molecule has 0 amide bonds. The molecular formula is C13H21N7. The lowest BCUT2D eigenvalue weighted by molar-refractivity contribution is 0.190. The molecule has 1 aliphatic heterocycles. The van der Waals surface area contributed by atoms with Crippen LogP contribution < -0.4 is 0 Å². The van der Waals surface area contributed by atoms with E-state index in [9.17, 15) is 0 Å². The minimum absolute atomic E-state index is 0.479. The van der Waals surface area contributed by atoms with Crippen molar-refractivity contribution >= 4 is 0 Å². The van der Waals surface area contributed by atoms with Crippen molar-refractivity contribution in [2.24, 2.45) is 7.05 Å². The molecule has 0 saturated carbocycles. The molecule has 0 aliphatic carbocycles. The highest BCUT2D eigenvalue weighted by Gasteiger charge is 2.25. The minimum Gasteiger partial charge on any atom is -0.318 e. The Morgan fingerprint density at radius 1 is 1.35 bits per heavy atom. The quantitative estimate of drug-likeness (QED) is 0.826. The van der Waals surface area contributed by atoms with Crippen LogP contribution in [0.3, 0.4) is 0 Å². The largest absolute Gasteiger partial charge is 0.318 e. The first kappa shape index (κ1) is 13.2. The van der Waals surface area contributed by atoms with Crippen molar-refractivity contribution < 1.29 is 0 Å². The lowest BCUT2D eigenvalue weighted by atomic mass is 9.97. The van der Waals surface area contributed by atoms with Crippen LogP contribution >= 0.6 is 0 Å². The van der Waals surface area contributed by atoms with Gasteiger partial charge < -0.3 is 4.57 Å². The van der Waals surface area contributed by atoms with E-state index < -0.39 is 0 Å². The molecule has 1 aliphatic rings. The maximum Gasteiger partial charge on any atom is 0.137 e. The SMILES string of the molecule is CCn1cnnc1C1CCCN(Cc2cnnn2C)C1. The van der Waals surface area contributed by atoms with E-state index in [1.807, 2.05) is 24.3 Å². The Morgan fingerprint density at radius 2 is 2.25 bits per heavy atom. The predicted octanol–water partition coefficient (Wildman–Crippen LogP) is 0.806. The summed E-state index contributed by atoms with van der Waals surface area (Å²) in [4.78, 5) is 2.46. The molecule has 1 fully saturated rings. The van der Waals surface area contributed by atoms with Crippen LogP contribution in [-0.4, -0.2) is 47.7 Å². The summed E-state index contributed by atoms with van der Waals surface area (Å²) in [5.74, 6) is 1.60. The number of aryl methyl sites for hydroxylation is 2. The molecule has 7 heteroatoms. The van der Waals surface area contributed by atoms with Crippen molar-refractivity contribution in [1.82, 2.24) is 34.7 Å². The first-order valence-corrected chi connectivity index (χ1v) is 7.21. The summed E-state index contributed by atoms with van der Waals surface area (Å²) < 4.78 is 4.00. The van der Waals surface area contributed by atoms with E-state index in [0.29, 0.717) is 5.92 Å². The van der Waals surface area contributed by atoms with E-state index in [1.165, 1.54) is 12.8 Å². The maximum absolute atomic E-state index is 4.32. The molecule has 3 rings (SSSR count). The number of hydrogen-bond donors (Lipinski definition) is 0. The Kier molecular flexibility index (Phi) is 3.77. The Balaban J connectivity index is 1.69. The number of piperidine rings is 1. The number of likely N-dealkylation sites (tertiary alicyclic amines) is 1. The van der Waals surface area contributed by atoms with Gasteiger partial charge in [0.05, 0.1) is 11.9 Å². The Morgan fingerprint density at radius 3 is 3.00 bits per heavy atom. The van der Waals surface area contributed by atoms with Crippen molar-refractivity contribution in [3.63, 3.8) is 0 Å². The molecule has 0 spiro atoms. The Labute approximate surface area is 118 Å². The predicted molar refractivity (Wildman–Crippen MR) is 74.0 cm³/mol. The van der Waals surface area contributed by atoms with Crippen LogP contribution in [-0.2, 0) is 20.1 Å². The number of nitrogens with zero attached hydrogens (tertiary/aromatic N) is 7. The van der Waals surface area contributed by atoms with Gasteiger partial charge in [0.15, 0.2) is 0 Å². The highest BCUT2D eigenvalue weighted by Crippen LogP contribution is 2.26. The molecule has 3 heterocycles. The lowest BCUT2D eigenvalue weighted by Crippen LogP contribution is -2.35. The average molecular weight is 275 g/mol. The highest BCUT2D eigenvalue weighted by atomic mass is 15.4. The smallest absolute Gasteiger partial charge is 0.137 e. The van der Waals surface area contributed by atoms with Crippen molar-refractivity contribution in [2.75, 3.05) is 13.1 Å². The van der Waals surface area contributed by atoms with Gasteiger partial charge in [0.1, 0.15) is 12.2 Å². The van der Waals surface area contributed by atoms with Crippen molar-refractivity contribution in [3.8, 4) is 0 Å². The van der Waals surface area contributed by atoms with E-state index in [1.54, 1.807) is 0 Å². The van der Waals surface area contributed by atoms with E-state index in [0.717, 1.165) is 37.7 Å². The van der Waals surface area contributed by atoms with Gasteiger partial charge in [-0.2, -0.15) is 0 Å². The topological polar surface area (TPSA) is 64.7 Å². The fraction of sp³-hybridized carbons (Fsp3) is 0.692. The number of rotatable bonds is 4. The van der Waals surface area contributed by atoms with E-state index in [2.05, 4.69) is 36.9 Å². The van der Waals surface area contributed by atoms with Gasteiger partial charge in [-0.3, -0.25) is 9.58 Å². The first-order valence-electron chi connectivity index (χ1n) is 7.21. The van der Waals surface area contributed by atoms with Crippen LogP contribution in [0, 0.1) is 0 Å². The molecule has 1 saturated heterocycles. The van der Waals surface area contributed by atoms with Gasteiger partial charge in [-0.05, 0) is 26.3 Å².